The van der Waals surface area contributed by atoms with E-state index in [0.717, 1.165) is 44.2 Å². The highest BCUT2D eigenvalue weighted by atomic mass is 16.5. The van der Waals surface area contributed by atoms with Crippen molar-refractivity contribution in [3.05, 3.63) is 23.8 Å². The van der Waals surface area contributed by atoms with E-state index in [0.29, 0.717) is 6.54 Å². The Kier molecular flexibility index (Phi) is 4.02. The second-order valence-corrected chi connectivity index (χ2v) is 3.80. The minimum absolute atomic E-state index is 0.657. The van der Waals surface area contributed by atoms with Crippen LogP contribution in [0.15, 0.2) is 18.2 Å². The maximum absolute atomic E-state index is 5.62. The molecule has 0 fully saturated rings. The van der Waals surface area contributed by atoms with Crippen LogP contribution in [0.2, 0.25) is 0 Å². The smallest absolute Gasteiger partial charge is 0.161 e. The predicted molar refractivity (Wildman–Crippen MR) is 62.8 cm³/mol. The number of nitrogens with one attached hydrogen (secondary N) is 1. The fourth-order valence-electron chi connectivity index (χ4n) is 1.65. The molecule has 0 unspecified atom stereocenters. The summed E-state index contributed by atoms with van der Waals surface area (Å²) in [7, 11) is 0. The second-order valence-electron chi connectivity index (χ2n) is 3.80. The van der Waals surface area contributed by atoms with Crippen molar-refractivity contribution in [2.24, 2.45) is 5.73 Å². The first-order valence-corrected chi connectivity index (χ1v) is 5.69. The molecule has 0 bridgehead atoms. The molecular weight excluding hydrogens is 204 g/mol. The molecule has 0 saturated carbocycles. The molecule has 2 rings (SSSR count). The van der Waals surface area contributed by atoms with Crippen LogP contribution in [0.25, 0.3) is 0 Å². The third-order valence-electron chi connectivity index (χ3n) is 2.46. The SMILES string of the molecule is NCCNCc1ccc2c(c1)OCCCO2. The van der Waals surface area contributed by atoms with Crippen LogP contribution in [0.1, 0.15) is 12.0 Å². The summed E-state index contributed by atoms with van der Waals surface area (Å²) < 4.78 is 11.2. The van der Waals surface area contributed by atoms with Gasteiger partial charge in [0, 0.05) is 26.1 Å². The summed E-state index contributed by atoms with van der Waals surface area (Å²) in [5, 5.41) is 3.25. The highest BCUT2D eigenvalue weighted by Gasteiger charge is 2.10. The Morgan fingerprint density at radius 2 is 2.00 bits per heavy atom. The zero-order chi connectivity index (χ0) is 11.2. The molecule has 1 aromatic rings. The van der Waals surface area contributed by atoms with Crippen molar-refractivity contribution in [2.45, 2.75) is 13.0 Å². The number of benzene rings is 1. The Bertz CT molecular complexity index is 342. The molecule has 88 valence electrons. The molecule has 4 heteroatoms. The average Bonchev–Trinajstić information content (AvgIpc) is 2.54. The molecule has 3 N–H and O–H groups in total. The molecule has 0 aromatic heterocycles. The first-order chi connectivity index (χ1) is 7.90. The van der Waals surface area contributed by atoms with Crippen molar-refractivity contribution < 1.29 is 9.47 Å². The van der Waals surface area contributed by atoms with Crippen LogP contribution >= 0.6 is 0 Å². The van der Waals surface area contributed by atoms with Gasteiger partial charge in [-0.05, 0) is 17.7 Å². The number of rotatable bonds is 4. The Balaban J connectivity index is 2.02. The summed E-state index contributed by atoms with van der Waals surface area (Å²) >= 11 is 0. The van der Waals surface area contributed by atoms with Gasteiger partial charge in [-0.1, -0.05) is 6.07 Å². The Morgan fingerprint density at radius 3 is 2.81 bits per heavy atom. The standard InChI is InChI=1S/C12H18N2O2/c13-4-5-14-9-10-2-3-11-12(8-10)16-7-1-6-15-11/h2-3,8,14H,1,4-7,9,13H2. The molecule has 1 heterocycles. The van der Waals surface area contributed by atoms with Crippen LogP contribution in [0, 0.1) is 0 Å². The van der Waals surface area contributed by atoms with Crippen LogP contribution < -0.4 is 20.5 Å². The molecule has 0 atom stereocenters. The van der Waals surface area contributed by atoms with Gasteiger partial charge in [-0.15, -0.1) is 0 Å². The van der Waals surface area contributed by atoms with Crippen molar-refractivity contribution in [2.75, 3.05) is 26.3 Å². The Labute approximate surface area is 95.7 Å². The van der Waals surface area contributed by atoms with Crippen LogP contribution in [0.3, 0.4) is 0 Å². The molecule has 0 spiro atoms. The lowest BCUT2D eigenvalue weighted by Gasteiger charge is -2.09. The van der Waals surface area contributed by atoms with E-state index in [1.807, 2.05) is 12.1 Å². The molecule has 0 saturated heterocycles. The van der Waals surface area contributed by atoms with Gasteiger partial charge < -0.3 is 20.5 Å². The zero-order valence-corrected chi connectivity index (χ0v) is 9.37. The van der Waals surface area contributed by atoms with Crippen molar-refractivity contribution in [3.8, 4) is 11.5 Å². The summed E-state index contributed by atoms with van der Waals surface area (Å²) in [6.45, 7) is 3.76. The van der Waals surface area contributed by atoms with Crippen LogP contribution in [-0.2, 0) is 6.54 Å². The number of hydrogen-bond donors (Lipinski definition) is 2. The van der Waals surface area contributed by atoms with Crippen molar-refractivity contribution in [1.82, 2.24) is 5.32 Å². The van der Waals surface area contributed by atoms with E-state index in [4.69, 9.17) is 15.2 Å². The maximum atomic E-state index is 5.62. The van der Waals surface area contributed by atoms with E-state index in [2.05, 4.69) is 11.4 Å². The normalized spacial score (nSPS) is 14.6. The van der Waals surface area contributed by atoms with E-state index in [-0.39, 0.29) is 0 Å². The number of nitrogens with two attached hydrogens (primary N) is 1. The zero-order valence-electron chi connectivity index (χ0n) is 9.37. The van der Waals surface area contributed by atoms with Gasteiger partial charge >= 0.3 is 0 Å². The van der Waals surface area contributed by atoms with E-state index in [1.54, 1.807) is 0 Å². The van der Waals surface area contributed by atoms with Crippen molar-refractivity contribution in [3.63, 3.8) is 0 Å². The number of ether oxygens (including phenoxy) is 2. The lowest BCUT2D eigenvalue weighted by atomic mass is 10.2. The van der Waals surface area contributed by atoms with Crippen molar-refractivity contribution in [1.29, 1.82) is 0 Å². The largest absolute Gasteiger partial charge is 0.490 e. The molecule has 0 aliphatic carbocycles. The van der Waals surface area contributed by atoms with Gasteiger partial charge in [0.15, 0.2) is 11.5 Å². The maximum Gasteiger partial charge on any atom is 0.161 e. The van der Waals surface area contributed by atoms with E-state index in [1.165, 1.54) is 5.56 Å². The minimum atomic E-state index is 0.657. The summed E-state index contributed by atoms with van der Waals surface area (Å²) in [4.78, 5) is 0. The van der Waals surface area contributed by atoms with E-state index >= 15 is 0 Å². The molecule has 0 amide bonds. The molecule has 16 heavy (non-hydrogen) atoms. The van der Waals surface area contributed by atoms with Gasteiger partial charge in [0.25, 0.3) is 0 Å². The van der Waals surface area contributed by atoms with Crippen LogP contribution in [0.4, 0.5) is 0 Å². The van der Waals surface area contributed by atoms with Gasteiger partial charge in [0.2, 0.25) is 0 Å². The minimum Gasteiger partial charge on any atom is -0.490 e. The second kappa shape index (κ2) is 5.72. The van der Waals surface area contributed by atoms with Gasteiger partial charge in [-0.3, -0.25) is 0 Å². The molecule has 0 radical (unpaired) electrons. The van der Waals surface area contributed by atoms with Gasteiger partial charge in [-0.2, -0.15) is 0 Å². The van der Waals surface area contributed by atoms with Crippen molar-refractivity contribution >= 4 is 0 Å². The lowest BCUT2D eigenvalue weighted by molar-refractivity contribution is 0.297. The monoisotopic (exact) mass is 222 g/mol. The highest BCUT2D eigenvalue weighted by Crippen LogP contribution is 2.30. The quantitative estimate of drug-likeness (QED) is 0.743. The summed E-state index contributed by atoms with van der Waals surface area (Å²) in [6, 6.07) is 6.06. The van der Waals surface area contributed by atoms with Gasteiger partial charge in [-0.25, -0.2) is 0 Å². The summed E-state index contributed by atoms with van der Waals surface area (Å²) in [6.07, 6.45) is 0.940. The molecular formula is C12H18N2O2. The lowest BCUT2D eigenvalue weighted by Crippen LogP contribution is -2.21. The fraction of sp³-hybridized carbons (Fsp3) is 0.500. The predicted octanol–water partition coefficient (Wildman–Crippen LogP) is 0.896. The number of fused-ring (bicyclic) bond motifs is 1. The molecule has 1 aliphatic rings. The van der Waals surface area contributed by atoms with Crippen LogP contribution in [0.5, 0.6) is 11.5 Å². The third-order valence-corrected chi connectivity index (χ3v) is 2.46. The topological polar surface area (TPSA) is 56.5 Å². The van der Waals surface area contributed by atoms with Crippen LogP contribution in [-0.4, -0.2) is 26.3 Å². The molecule has 4 nitrogen and oxygen atoms in total. The molecule has 1 aromatic carbocycles. The third kappa shape index (κ3) is 2.87. The molecule has 1 aliphatic heterocycles. The first-order valence-electron chi connectivity index (χ1n) is 5.69. The van der Waals surface area contributed by atoms with Gasteiger partial charge in [0.1, 0.15) is 0 Å². The average molecular weight is 222 g/mol. The van der Waals surface area contributed by atoms with E-state index < -0.39 is 0 Å². The summed E-state index contributed by atoms with van der Waals surface area (Å²) in [5.74, 6) is 1.70. The highest BCUT2D eigenvalue weighted by molar-refractivity contribution is 5.43. The Morgan fingerprint density at radius 1 is 1.19 bits per heavy atom. The Hall–Kier alpha value is -1.26. The summed E-state index contributed by atoms with van der Waals surface area (Å²) in [5.41, 5.74) is 6.61. The van der Waals surface area contributed by atoms with Gasteiger partial charge in [0.05, 0.1) is 13.2 Å². The number of hydrogen-bond acceptors (Lipinski definition) is 4. The van der Waals surface area contributed by atoms with E-state index in [9.17, 15) is 0 Å². The first kappa shape index (κ1) is 11.2. The fourth-order valence-corrected chi connectivity index (χ4v) is 1.65.